The Kier molecular flexibility index (Phi) is 0.572. The van der Waals surface area contributed by atoms with Crippen LogP contribution < -0.4 is 5.11 Å². The molecular formula is C4H3O2-. The third-order valence-corrected chi connectivity index (χ3v) is 0.495. The summed E-state index contributed by atoms with van der Waals surface area (Å²) in [7, 11) is 0. The van der Waals surface area contributed by atoms with E-state index < -0.39 is 0 Å². The molecule has 1 rings (SSSR count). The van der Waals surface area contributed by atoms with Gasteiger partial charge in [-0.1, -0.05) is 6.07 Å². The van der Waals surface area contributed by atoms with E-state index in [1.54, 1.807) is 6.07 Å². The topological polar surface area (TPSA) is 36.2 Å². The van der Waals surface area contributed by atoms with Crippen LogP contribution >= 0.6 is 0 Å². The van der Waals surface area contributed by atoms with E-state index in [4.69, 9.17) is 0 Å². The summed E-state index contributed by atoms with van der Waals surface area (Å²) in [6.45, 7) is 0. The Morgan fingerprint density at radius 3 is 2.67 bits per heavy atom. The molecule has 0 atom stereocenters. The summed E-state index contributed by atoms with van der Waals surface area (Å²) in [4.78, 5) is 0. The lowest BCUT2D eigenvalue weighted by atomic mass is 10.7. The van der Waals surface area contributed by atoms with Crippen LogP contribution in [0.2, 0.25) is 0 Å². The Morgan fingerprint density at radius 2 is 2.50 bits per heavy atom. The van der Waals surface area contributed by atoms with E-state index in [2.05, 4.69) is 4.42 Å². The molecule has 0 aromatic carbocycles. The normalized spacial score (nSPS) is 8.67. The van der Waals surface area contributed by atoms with E-state index in [1.807, 2.05) is 0 Å². The predicted octanol–water partition coefficient (Wildman–Crippen LogP) is 0.353. The molecule has 0 amide bonds. The zero-order valence-electron chi connectivity index (χ0n) is 3.05. The zero-order chi connectivity index (χ0) is 4.41. The van der Waals surface area contributed by atoms with Gasteiger partial charge in [0, 0.05) is 0 Å². The summed E-state index contributed by atoms with van der Waals surface area (Å²) in [6.07, 6.45) is 1.35. The molecule has 6 heavy (non-hydrogen) atoms. The molecule has 0 fully saturated rings. The van der Waals surface area contributed by atoms with Gasteiger partial charge in [0.15, 0.2) is 0 Å². The molecule has 0 saturated heterocycles. The highest BCUT2D eigenvalue weighted by Gasteiger charge is 1.66. The largest absolute Gasteiger partial charge is 0.587 e. The number of furan rings is 1. The summed E-state index contributed by atoms with van der Waals surface area (Å²) < 4.78 is 4.28. The number of hydrogen-bond acceptors (Lipinski definition) is 2. The van der Waals surface area contributed by atoms with Gasteiger partial charge in [-0.2, -0.15) is 0 Å². The van der Waals surface area contributed by atoms with Crippen molar-refractivity contribution in [1.82, 2.24) is 0 Å². The van der Waals surface area contributed by atoms with Crippen LogP contribution in [0.1, 0.15) is 0 Å². The van der Waals surface area contributed by atoms with Gasteiger partial charge < -0.3 is 9.52 Å². The first-order valence-corrected chi connectivity index (χ1v) is 1.60. The summed E-state index contributed by atoms with van der Waals surface area (Å²) in [5, 5.41) is 9.90. The second-order valence-electron chi connectivity index (χ2n) is 0.932. The van der Waals surface area contributed by atoms with Crippen LogP contribution in [0.3, 0.4) is 0 Å². The van der Waals surface area contributed by atoms with Gasteiger partial charge in [-0.15, -0.1) is 0 Å². The van der Waals surface area contributed by atoms with E-state index in [1.165, 1.54) is 12.3 Å². The lowest BCUT2D eigenvalue weighted by Gasteiger charge is -1.84. The molecule has 0 saturated carbocycles. The second-order valence-corrected chi connectivity index (χ2v) is 0.932. The minimum Gasteiger partial charge on any atom is -0.587 e. The molecule has 0 radical (unpaired) electrons. The molecule has 2 heteroatoms. The fraction of sp³-hybridized carbons (Fsp3) is 0. The summed E-state index contributed by atoms with van der Waals surface area (Å²) in [6, 6.07) is 2.92. The SMILES string of the molecule is [O-]c1ccco1. The monoisotopic (exact) mass is 83.0 g/mol. The fourth-order valence-electron chi connectivity index (χ4n) is 0.263. The van der Waals surface area contributed by atoms with Gasteiger partial charge in [-0.3, -0.25) is 0 Å². The lowest BCUT2D eigenvalue weighted by molar-refractivity contribution is -0.293. The average Bonchev–Trinajstić information content (AvgIpc) is 1.86. The molecule has 1 heterocycles. The second kappa shape index (κ2) is 1.05. The van der Waals surface area contributed by atoms with Crippen LogP contribution in [0.25, 0.3) is 0 Å². The first-order chi connectivity index (χ1) is 2.89. The van der Waals surface area contributed by atoms with E-state index in [9.17, 15) is 5.11 Å². The Hall–Kier alpha value is -0.920. The minimum absolute atomic E-state index is 0.282. The van der Waals surface area contributed by atoms with Crippen molar-refractivity contribution in [2.75, 3.05) is 0 Å². The van der Waals surface area contributed by atoms with Crippen molar-refractivity contribution in [3.8, 4) is 5.95 Å². The molecule has 2 nitrogen and oxygen atoms in total. The van der Waals surface area contributed by atoms with Crippen LogP contribution in [0.4, 0.5) is 0 Å². The predicted molar refractivity (Wildman–Crippen MR) is 18.2 cm³/mol. The third-order valence-electron chi connectivity index (χ3n) is 0.495. The van der Waals surface area contributed by atoms with Crippen LogP contribution in [0.5, 0.6) is 5.95 Å². The summed E-state index contributed by atoms with van der Waals surface area (Å²) in [5.41, 5.74) is 0. The summed E-state index contributed by atoms with van der Waals surface area (Å²) >= 11 is 0. The first kappa shape index (κ1) is 3.28. The van der Waals surface area contributed by atoms with Crippen molar-refractivity contribution in [2.45, 2.75) is 0 Å². The molecule has 0 bridgehead atoms. The molecule has 0 N–H and O–H groups in total. The van der Waals surface area contributed by atoms with Crippen LogP contribution in [0, 0.1) is 0 Å². The minimum atomic E-state index is -0.282. The Balaban J connectivity index is 3.05. The Bertz CT molecular complexity index is 109. The standard InChI is InChI=1S/C4H4O2/c5-4-2-1-3-6-4/h1-3,5H/p-1. The Labute approximate surface area is 35.0 Å². The lowest BCUT2D eigenvalue weighted by Crippen LogP contribution is -1.82. The number of rotatable bonds is 0. The maximum atomic E-state index is 9.90. The fourth-order valence-corrected chi connectivity index (χ4v) is 0.263. The van der Waals surface area contributed by atoms with Gasteiger partial charge in [0.25, 0.3) is 0 Å². The maximum absolute atomic E-state index is 9.90. The molecule has 1 aromatic rings. The maximum Gasteiger partial charge on any atom is 0.0553 e. The average molecular weight is 83.1 g/mol. The molecule has 32 valence electrons. The van der Waals surface area contributed by atoms with E-state index in [0.29, 0.717) is 0 Å². The van der Waals surface area contributed by atoms with Crippen molar-refractivity contribution in [1.29, 1.82) is 0 Å². The van der Waals surface area contributed by atoms with Gasteiger partial charge in [0.1, 0.15) is 0 Å². The highest BCUT2D eigenvalue weighted by Crippen LogP contribution is 1.99. The van der Waals surface area contributed by atoms with Gasteiger partial charge in [-0.25, -0.2) is 0 Å². The van der Waals surface area contributed by atoms with Crippen molar-refractivity contribution in [2.24, 2.45) is 0 Å². The van der Waals surface area contributed by atoms with Crippen LogP contribution in [-0.2, 0) is 0 Å². The van der Waals surface area contributed by atoms with Crippen molar-refractivity contribution in [3.05, 3.63) is 18.4 Å². The molecule has 0 spiro atoms. The molecule has 1 aromatic heterocycles. The van der Waals surface area contributed by atoms with Crippen LogP contribution in [0.15, 0.2) is 22.8 Å². The van der Waals surface area contributed by atoms with Gasteiger partial charge >= 0.3 is 0 Å². The first-order valence-electron chi connectivity index (χ1n) is 1.60. The highest BCUT2D eigenvalue weighted by atomic mass is 16.5. The van der Waals surface area contributed by atoms with E-state index in [0.717, 1.165) is 0 Å². The van der Waals surface area contributed by atoms with E-state index >= 15 is 0 Å². The third kappa shape index (κ3) is 0.360. The van der Waals surface area contributed by atoms with Gasteiger partial charge in [-0.05, 0) is 12.3 Å². The Morgan fingerprint density at radius 1 is 1.67 bits per heavy atom. The highest BCUT2D eigenvalue weighted by molar-refractivity contribution is 4.98. The molecule has 0 aliphatic carbocycles. The quantitative estimate of drug-likeness (QED) is 0.453. The van der Waals surface area contributed by atoms with Crippen molar-refractivity contribution in [3.63, 3.8) is 0 Å². The zero-order valence-corrected chi connectivity index (χ0v) is 3.05. The van der Waals surface area contributed by atoms with E-state index in [-0.39, 0.29) is 5.95 Å². The summed E-state index contributed by atoms with van der Waals surface area (Å²) in [5.74, 6) is -0.282. The van der Waals surface area contributed by atoms with Gasteiger partial charge in [0.2, 0.25) is 0 Å². The number of hydrogen-bond donors (Lipinski definition) is 0. The molecular weight excluding hydrogens is 80.0 g/mol. The van der Waals surface area contributed by atoms with Crippen molar-refractivity contribution >= 4 is 0 Å². The van der Waals surface area contributed by atoms with Crippen LogP contribution in [-0.4, -0.2) is 0 Å². The van der Waals surface area contributed by atoms with Gasteiger partial charge in [0.05, 0.1) is 5.95 Å². The molecule has 0 aliphatic rings. The smallest absolute Gasteiger partial charge is 0.0553 e. The molecule has 0 aliphatic heterocycles. The van der Waals surface area contributed by atoms with Crippen molar-refractivity contribution < 1.29 is 9.52 Å². The molecule has 0 unspecified atom stereocenters.